The lowest BCUT2D eigenvalue weighted by molar-refractivity contribution is -0.121. The van der Waals surface area contributed by atoms with Crippen molar-refractivity contribution in [2.45, 2.75) is 32.1 Å². The summed E-state index contributed by atoms with van der Waals surface area (Å²) in [4.78, 5) is 32.0. The van der Waals surface area contributed by atoms with Crippen molar-refractivity contribution in [3.63, 3.8) is 0 Å². The van der Waals surface area contributed by atoms with Crippen LogP contribution in [0.2, 0.25) is 5.02 Å². The number of hydrogen-bond donors (Lipinski definition) is 1. The molecule has 5 rings (SSSR count). The minimum atomic E-state index is -0.129. The van der Waals surface area contributed by atoms with Crippen molar-refractivity contribution in [2.24, 2.45) is 5.92 Å². The van der Waals surface area contributed by atoms with Crippen LogP contribution in [0.25, 0.3) is 0 Å². The molecule has 0 saturated carbocycles. The van der Waals surface area contributed by atoms with Crippen molar-refractivity contribution in [2.75, 3.05) is 18.4 Å². The zero-order valence-electron chi connectivity index (χ0n) is 18.1. The first-order valence-electron chi connectivity index (χ1n) is 11.1. The van der Waals surface area contributed by atoms with Crippen LogP contribution >= 0.6 is 11.6 Å². The lowest BCUT2D eigenvalue weighted by Crippen LogP contribution is -2.42. The Morgan fingerprint density at radius 3 is 2.48 bits per heavy atom. The molecule has 8 heteroatoms. The standard InChI is InChI=1S/C25H25ClN4O3/c26-19-6-8-20(9-7-19)28-24(31)18-10-12-29(13-11-18)25(32)23-21-15-33-22(14-30(21)16-27-23)17-4-2-1-3-5-17/h1-9,16,18,22H,10-15H2,(H,28,31). The van der Waals surface area contributed by atoms with Crippen molar-refractivity contribution in [1.29, 1.82) is 0 Å². The molecule has 0 aliphatic carbocycles. The number of aromatic nitrogens is 2. The summed E-state index contributed by atoms with van der Waals surface area (Å²) in [5, 5.41) is 3.56. The van der Waals surface area contributed by atoms with Gasteiger partial charge >= 0.3 is 0 Å². The first-order valence-corrected chi connectivity index (χ1v) is 11.5. The summed E-state index contributed by atoms with van der Waals surface area (Å²) in [5.41, 5.74) is 3.10. The molecule has 33 heavy (non-hydrogen) atoms. The van der Waals surface area contributed by atoms with Crippen LogP contribution in [0.3, 0.4) is 0 Å². The van der Waals surface area contributed by atoms with Gasteiger partial charge in [0.1, 0.15) is 6.10 Å². The van der Waals surface area contributed by atoms with Gasteiger partial charge in [0, 0.05) is 29.7 Å². The predicted molar refractivity (Wildman–Crippen MR) is 125 cm³/mol. The zero-order chi connectivity index (χ0) is 22.8. The molecule has 2 aromatic carbocycles. The van der Waals surface area contributed by atoms with Crippen molar-refractivity contribution in [3.05, 3.63) is 82.9 Å². The van der Waals surface area contributed by atoms with Crippen molar-refractivity contribution in [1.82, 2.24) is 14.5 Å². The number of benzene rings is 2. The number of piperidine rings is 1. The predicted octanol–water partition coefficient (Wildman–Crippen LogP) is 4.30. The Morgan fingerprint density at radius 1 is 1.03 bits per heavy atom. The molecular formula is C25H25ClN4O3. The topological polar surface area (TPSA) is 76.5 Å². The fraction of sp³-hybridized carbons (Fsp3) is 0.320. The van der Waals surface area contributed by atoms with E-state index in [9.17, 15) is 9.59 Å². The SMILES string of the molecule is O=C(Nc1ccc(Cl)cc1)C1CCN(C(=O)c2ncn3c2COC(c2ccccc2)C3)CC1. The molecule has 2 aliphatic heterocycles. The van der Waals surface area contributed by atoms with Gasteiger partial charge < -0.3 is 19.5 Å². The van der Waals surface area contributed by atoms with Crippen LogP contribution in [0.15, 0.2) is 60.9 Å². The number of ether oxygens (including phenoxy) is 1. The van der Waals surface area contributed by atoms with Gasteiger partial charge in [-0.15, -0.1) is 0 Å². The van der Waals surface area contributed by atoms with Crippen LogP contribution in [-0.4, -0.2) is 39.4 Å². The van der Waals surface area contributed by atoms with E-state index in [0.29, 0.717) is 49.8 Å². The van der Waals surface area contributed by atoms with E-state index in [4.69, 9.17) is 16.3 Å². The summed E-state index contributed by atoms with van der Waals surface area (Å²) in [6.45, 7) is 2.03. The summed E-state index contributed by atoms with van der Waals surface area (Å²) in [5.74, 6) is -0.248. The molecule has 0 radical (unpaired) electrons. The number of nitrogens with zero attached hydrogens (tertiary/aromatic N) is 3. The number of halogens is 1. The van der Waals surface area contributed by atoms with E-state index in [1.807, 2.05) is 34.9 Å². The molecule has 1 atom stereocenters. The minimum absolute atomic E-state index is 0.0239. The average molecular weight is 465 g/mol. The molecule has 1 unspecified atom stereocenters. The molecule has 7 nitrogen and oxygen atoms in total. The summed E-state index contributed by atoms with van der Waals surface area (Å²) in [6.07, 6.45) is 2.92. The second-order valence-electron chi connectivity index (χ2n) is 8.47. The molecule has 1 fully saturated rings. The Balaban J connectivity index is 1.18. The molecule has 170 valence electrons. The second-order valence-corrected chi connectivity index (χ2v) is 8.90. The maximum Gasteiger partial charge on any atom is 0.274 e. The number of imidazole rings is 1. The van der Waals surface area contributed by atoms with Crippen molar-refractivity contribution in [3.8, 4) is 0 Å². The van der Waals surface area contributed by atoms with Crippen LogP contribution < -0.4 is 5.32 Å². The fourth-order valence-electron chi connectivity index (χ4n) is 4.45. The van der Waals surface area contributed by atoms with Gasteiger partial charge in [-0.2, -0.15) is 0 Å². The number of nitrogens with one attached hydrogen (secondary N) is 1. The monoisotopic (exact) mass is 464 g/mol. The third-order valence-electron chi connectivity index (χ3n) is 6.37. The van der Waals surface area contributed by atoms with E-state index in [1.165, 1.54) is 0 Å². The third kappa shape index (κ3) is 4.65. The first-order chi connectivity index (χ1) is 16.1. The molecule has 0 bridgehead atoms. The molecule has 3 heterocycles. The average Bonchev–Trinajstić information content (AvgIpc) is 3.29. The minimum Gasteiger partial charge on any atom is -0.365 e. The number of hydrogen-bond acceptors (Lipinski definition) is 4. The Bertz CT molecular complexity index is 1140. The van der Waals surface area contributed by atoms with Crippen molar-refractivity contribution < 1.29 is 14.3 Å². The number of likely N-dealkylation sites (tertiary alicyclic amines) is 1. The molecule has 1 aromatic heterocycles. The number of carbonyl (C=O) groups is 2. The van der Waals surface area contributed by atoms with E-state index >= 15 is 0 Å². The van der Waals surface area contributed by atoms with Crippen LogP contribution in [0.4, 0.5) is 5.69 Å². The highest BCUT2D eigenvalue weighted by Gasteiger charge is 2.32. The van der Waals surface area contributed by atoms with Gasteiger partial charge in [-0.05, 0) is 42.7 Å². The molecule has 1 N–H and O–H groups in total. The molecule has 0 spiro atoms. The van der Waals surface area contributed by atoms with E-state index in [2.05, 4.69) is 10.3 Å². The highest BCUT2D eigenvalue weighted by atomic mass is 35.5. The van der Waals surface area contributed by atoms with Gasteiger partial charge in [0.05, 0.1) is 25.2 Å². The van der Waals surface area contributed by atoms with E-state index < -0.39 is 0 Å². The fourth-order valence-corrected chi connectivity index (χ4v) is 4.57. The number of carbonyl (C=O) groups excluding carboxylic acids is 2. The van der Waals surface area contributed by atoms with Gasteiger partial charge in [-0.25, -0.2) is 4.98 Å². The second kappa shape index (κ2) is 9.37. The highest BCUT2D eigenvalue weighted by molar-refractivity contribution is 6.30. The quantitative estimate of drug-likeness (QED) is 0.624. The lowest BCUT2D eigenvalue weighted by atomic mass is 9.95. The van der Waals surface area contributed by atoms with Gasteiger partial charge in [-0.3, -0.25) is 9.59 Å². The first kappa shape index (κ1) is 21.7. The van der Waals surface area contributed by atoms with Crippen molar-refractivity contribution >= 4 is 29.1 Å². The Morgan fingerprint density at radius 2 is 1.76 bits per heavy atom. The van der Waals surface area contributed by atoms with Crippen LogP contribution in [0, 0.1) is 5.92 Å². The van der Waals surface area contributed by atoms with Gasteiger partial charge in [0.25, 0.3) is 5.91 Å². The zero-order valence-corrected chi connectivity index (χ0v) is 18.9. The maximum atomic E-state index is 13.2. The molecule has 2 amide bonds. The number of rotatable bonds is 4. The van der Waals surface area contributed by atoms with Gasteiger partial charge in [0.15, 0.2) is 5.69 Å². The summed E-state index contributed by atoms with van der Waals surface area (Å²) in [6, 6.07) is 17.1. The highest BCUT2D eigenvalue weighted by Crippen LogP contribution is 2.29. The van der Waals surface area contributed by atoms with E-state index in [0.717, 1.165) is 16.9 Å². The van der Waals surface area contributed by atoms with E-state index in [-0.39, 0.29) is 23.8 Å². The maximum absolute atomic E-state index is 13.2. The molecule has 2 aliphatic rings. The lowest BCUT2D eigenvalue weighted by Gasteiger charge is -2.31. The largest absolute Gasteiger partial charge is 0.365 e. The van der Waals surface area contributed by atoms with Crippen LogP contribution in [0.5, 0.6) is 0 Å². The van der Waals surface area contributed by atoms with E-state index in [1.54, 1.807) is 35.5 Å². The van der Waals surface area contributed by atoms with Crippen LogP contribution in [0.1, 0.15) is 40.7 Å². The molecular weight excluding hydrogens is 440 g/mol. The molecule has 1 saturated heterocycles. The summed E-state index contributed by atoms with van der Waals surface area (Å²) in [7, 11) is 0. The Hall–Kier alpha value is -3.16. The van der Waals surface area contributed by atoms with Gasteiger partial charge in [-0.1, -0.05) is 41.9 Å². The summed E-state index contributed by atoms with van der Waals surface area (Å²) >= 11 is 5.90. The molecule has 3 aromatic rings. The third-order valence-corrected chi connectivity index (χ3v) is 6.62. The number of fused-ring (bicyclic) bond motifs is 1. The Kier molecular flexibility index (Phi) is 6.15. The summed E-state index contributed by atoms with van der Waals surface area (Å²) < 4.78 is 8.06. The number of anilines is 1. The smallest absolute Gasteiger partial charge is 0.274 e. The van der Waals surface area contributed by atoms with Gasteiger partial charge in [0.2, 0.25) is 5.91 Å². The normalized spacial score (nSPS) is 18.6. The van der Waals surface area contributed by atoms with Crippen LogP contribution in [-0.2, 0) is 22.7 Å². The number of amides is 2. The Labute approximate surface area is 197 Å².